The van der Waals surface area contributed by atoms with Crippen molar-refractivity contribution >= 4 is 23.2 Å². The molecule has 0 bridgehead atoms. The molecule has 1 unspecified atom stereocenters. The van der Waals surface area contributed by atoms with E-state index in [1.54, 1.807) is 0 Å². The number of thiophene rings is 1. The number of nitrogens with one attached hydrogen (secondary N) is 1. The summed E-state index contributed by atoms with van der Waals surface area (Å²) in [7, 11) is 0. The molecule has 22 heavy (non-hydrogen) atoms. The lowest BCUT2D eigenvalue weighted by Crippen LogP contribution is -2.42. The summed E-state index contributed by atoms with van der Waals surface area (Å²) < 4.78 is 5.48. The molecular formula is C14H15N3O4S. The van der Waals surface area contributed by atoms with Crippen LogP contribution in [0.1, 0.15) is 25.2 Å². The van der Waals surface area contributed by atoms with Crippen LogP contribution in [0.2, 0.25) is 0 Å². The second kappa shape index (κ2) is 6.27. The van der Waals surface area contributed by atoms with Crippen molar-refractivity contribution in [2.75, 3.05) is 0 Å². The maximum absolute atomic E-state index is 11.8. The maximum atomic E-state index is 11.8. The molecular weight excluding hydrogens is 306 g/mol. The Morgan fingerprint density at radius 1 is 1.45 bits per heavy atom. The molecule has 7 nitrogen and oxygen atoms in total. The van der Waals surface area contributed by atoms with Crippen molar-refractivity contribution in [3.63, 3.8) is 0 Å². The fraction of sp³-hybridized carbons (Fsp3) is 0.429. The molecule has 8 heteroatoms. The van der Waals surface area contributed by atoms with E-state index < -0.39 is 12.0 Å². The Morgan fingerprint density at radius 3 is 2.91 bits per heavy atom. The van der Waals surface area contributed by atoms with Gasteiger partial charge in [0.05, 0.1) is 0 Å². The highest BCUT2D eigenvalue weighted by molar-refractivity contribution is 7.08. The summed E-state index contributed by atoms with van der Waals surface area (Å²) in [6.45, 7) is 0. The second-order valence-electron chi connectivity index (χ2n) is 5.23. The minimum Gasteiger partial charge on any atom is -0.480 e. The molecule has 0 aliphatic heterocycles. The van der Waals surface area contributed by atoms with Crippen LogP contribution in [0, 0.1) is 5.92 Å². The number of aryl methyl sites for hydroxylation is 1. The molecule has 1 saturated carbocycles. The highest BCUT2D eigenvalue weighted by Crippen LogP contribution is 2.32. The first-order chi connectivity index (χ1) is 10.6. The number of rotatable bonds is 7. The first-order valence-electron chi connectivity index (χ1n) is 7.00. The third-order valence-electron chi connectivity index (χ3n) is 3.48. The summed E-state index contributed by atoms with van der Waals surface area (Å²) in [4.78, 5) is 22.9. The van der Waals surface area contributed by atoms with Gasteiger partial charge in [-0.2, -0.15) is 11.3 Å². The van der Waals surface area contributed by atoms with Crippen LogP contribution in [-0.2, 0) is 16.0 Å². The Kier molecular flexibility index (Phi) is 4.19. The Balaban J connectivity index is 1.51. The van der Waals surface area contributed by atoms with Gasteiger partial charge in [0.25, 0.3) is 0 Å². The van der Waals surface area contributed by atoms with Gasteiger partial charge in [0.2, 0.25) is 17.7 Å². The van der Waals surface area contributed by atoms with Gasteiger partial charge in [-0.05, 0) is 30.2 Å². The smallest absolute Gasteiger partial charge is 0.326 e. The second-order valence-corrected chi connectivity index (χ2v) is 6.01. The molecule has 2 aromatic rings. The van der Waals surface area contributed by atoms with Gasteiger partial charge >= 0.3 is 5.97 Å². The van der Waals surface area contributed by atoms with Crippen LogP contribution in [0.4, 0.5) is 0 Å². The molecule has 1 amide bonds. The number of hydrogen-bond donors (Lipinski definition) is 2. The first kappa shape index (κ1) is 14.7. The van der Waals surface area contributed by atoms with E-state index in [1.807, 2.05) is 16.8 Å². The van der Waals surface area contributed by atoms with E-state index in [9.17, 15) is 9.59 Å². The fourth-order valence-corrected chi connectivity index (χ4v) is 2.76. The van der Waals surface area contributed by atoms with E-state index in [0.717, 1.165) is 18.4 Å². The number of amides is 1. The minimum atomic E-state index is -0.978. The van der Waals surface area contributed by atoms with Crippen molar-refractivity contribution < 1.29 is 19.1 Å². The van der Waals surface area contributed by atoms with Gasteiger partial charge in [-0.25, -0.2) is 4.79 Å². The predicted molar refractivity (Wildman–Crippen MR) is 78.2 cm³/mol. The Labute approximate surface area is 130 Å². The van der Waals surface area contributed by atoms with E-state index >= 15 is 0 Å². The summed E-state index contributed by atoms with van der Waals surface area (Å²) in [5.41, 5.74) is 0.855. The summed E-state index contributed by atoms with van der Waals surface area (Å²) in [6, 6.07) is 1.10. The zero-order chi connectivity index (χ0) is 15.5. The first-order valence-corrected chi connectivity index (χ1v) is 7.95. The van der Waals surface area contributed by atoms with Crippen LogP contribution < -0.4 is 5.32 Å². The number of carboxylic acids is 1. The number of carbonyl (C=O) groups excluding carboxylic acids is 1. The van der Waals surface area contributed by atoms with E-state index in [1.165, 1.54) is 11.3 Å². The van der Waals surface area contributed by atoms with Crippen LogP contribution in [0.15, 0.2) is 21.2 Å². The van der Waals surface area contributed by atoms with Gasteiger partial charge in [0.15, 0.2) is 0 Å². The molecule has 1 aliphatic carbocycles. The van der Waals surface area contributed by atoms with E-state index in [4.69, 9.17) is 9.52 Å². The van der Waals surface area contributed by atoms with Crippen LogP contribution in [0.3, 0.4) is 0 Å². The number of hydrogen-bond acceptors (Lipinski definition) is 6. The normalized spacial score (nSPS) is 15.5. The molecule has 2 N–H and O–H groups in total. The quantitative estimate of drug-likeness (QED) is 0.804. The summed E-state index contributed by atoms with van der Waals surface area (Å²) >= 11 is 1.53. The van der Waals surface area contributed by atoms with Crippen molar-refractivity contribution in [2.45, 2.75) is 31.7 Å². The topological polar surface area (TPSA) is 105 Å². The molecule has 1 fully saturated rings. The average molecular weight is 321 g/mol. The fourth-order valence-electron chi connectivity index (χ4n) is 2.13. The van der Waals surface area contributed by atoms with Gasteiger partial charge in [-0.1, -0.05) is 0 Å². The zero-order valence-corrected chi connectivity index (χ0v) is 12.5. The van der Waals surface area contributed by atoms with Crippen molar-refractivity contribution in [3.05, 3.63) is 22.7 Å². The highest BCUT2D eigenvalue weighted by Gasteiger charge is 2.37. The third-order valence-corrected chi connectivity index (χ3v) is 4.16. The van der Waals surface area contributed by atoms with Crippen molar-refractivity contribution in [3.8, 4) is 11.5 Å². The molecule has 2 heterocycles. The molecule has 0 saturated heterocycles. The van der Waals surface area contributed by atoms with Gasteiger partial charge < -0.3 is 14.8 Å². The molecule has 1 atom stereocenters. The van der Waals surface area contributed by atoms with Crippen LogP contribution in [-0.4, -0.2) is 33.2 Å². The molecule has 1 aliphatic rings. The molecule has 0 radical (unpaired) electrons. The SMILES string of the molecule is O=C(CCc1nnc(-c2ccsc2)o1)NC(C(=O)O)C1CC1. The lowest BCUT2D eigenvalue weighted by atomic mass is 10.1. The monoisotopic (exact) mass is 321 g/mol. The number of nitrogens with zero attached hydrogens (tertiary/aromatic N) is 2. The number of aromatic nitrogens is 2. The van der Waals surface area contributed by atoms with E-state index in [0.29, 0.717) is 18.2 Å². The lowest BCUT2D eigenvalue weighted by molar-refractivity contribution is -0.142. The lowest BCUT2D eigenvalue weighted by Gasteiger charge is -2.12. The number of carboxylic acid groups (broad SMARTS) is 1. The minimum absolute atomic E-state index is 0.0649. The number of carbonyl (C=O) groups is 2. The van der Waals surface area contributed by atoms with E-state index in [-0.39, 0.29) is 18.2 Å². The van der Waals surface area contributed by atoms with Crippen LogP contribution in [0.5, 0.6) is 0 Å². The average Bonchev–Trinajstić information content (AvgIpc) is 3.01. The van der Waals surface area contributed by atoms with Gasteiger partial charge in [-0.15, -0.1) is 10.2 Å². The third kappa shape index (κ3) is 3.51. The molecule has 2 aromatic heterocycles. The van der Waals surface area contributed by atoms with Crippen molar-refractivity contribution in [1.82, 2.24) is 15.5 Å². The van der Waals surface area contributed by atoms with Crippen LogP contribution >= 0.6 is 11.3 Å². The zero-order valence-electron chi connectivity index (χ0n) is 11.7. The summed E-state index contributed by atoms with van der Waals surface area (Å²) in [6.07, 6.45) is 2.12. The van der Waals surface area contributed by atoms with E-state index in [2.05, 4.69) is 15.5 Å². The number of aliphatic carboxylic acids is 1. The van der Waals surface area contributed by atoms with Gasteiger partial charge in [-0.3, -0.25) is 4.79 Å². The molecule has 0 aromatic carbocycles. The Morgan fingerprint density at radius 2 is 2.27 bits per heavy atom. The maximum Gasteiger partial charge on any atom is 0.326 e. The van der Waals surface area contributed by atoms with Gasteiger partial charge in [0, 0.05) is 23.8 Å². The summed E-state index contributed by atoms with van der Waals surface area (Å²) in [5, 5.41) is 23.3. The van der Waals surface area contributed by atoms with Crippen molar-refractivity contribution in [2.24, 2.45) is 5.92 Å². The largest absolute Gasteiger partial charge is 0.480 e. The van der Waals surface area contributed by atoms with Gasteiger partial charge in [0.1, 0.15) is 6.04 Å². The standard InChI is InChI=1S/C14H15N3O4S/c18-10(15-12(14(19)20)8-1-2-8)3-4-11-16-17-13(21-11)9-5-6-22-7-9/h5-8,12H,1-4H2,(H,15,18)(H,19,20). The Hall–Kier alpha value is -2.22. The summed E-state index contributed by atoms with van der Waals surface area (Å²) in [5.74, 6) is -0.425. The van der Waals surface area contributed by atoms with Crippen molar-refractivity contribution in [1.29, 1.82) is 0 Å². The highest BCUT2D eigenvalue weighted by atomic mass is 32.1. The predicted octanol–water partition coefficient (Wildman–Crippen LogP) is 1.71. The molecule has 116 valence electrons. The molecule has 0 spiro atoms. The Bertz CT molecular complexity index is 663. The van der Waals surface area contributed by atoms with Crippen LogP contribution in [0.25, 0.3) is 11.5 Å². The molecule has 3 rings (SSSR count).